The fraction of sp³-hybridized carbons (Fsp3) is 0.543. The molecular weight excluding hydrogens is 644 g/mol. The third-order valence-corrected chi connectivity index (χ3v) is 13.9. The van der Waals surface area contributed by atoms with Crippen LogP contribution in [0.1, 0.15) is 89.9 Å². The van der Waals surface area contributed by atoms with E-state index in [-0.39, 0.29) is 17.2 Å². The molecule has 1 fully saturated rings. The van der Waals surface area contributed by atoms with Crippen LogP contribution < -0.4 is 4.74 Å². The summed E-state index contributed by atoms with van der Waals surface area (Å²) in [7, 11) is -2.05. The number of nitriles is 1. The van der Waals surface area contributed by atoms with Crippen molar-refractivity contribution < 1.29 is 23.1 Å². The normalized spacial score (nSPS) is 15.3. The highest BCUT2D eigenvalue weighted by Gasteiger charge is 2.37. The number of likely N-dealkylation sites (tertiary alicyclic amines) is 1. The third kappa shape index (κ3) is 8.10. The van der Waals surface area contributed by atoms with E-state index in [1.54, 1.807) is 21.7 Å². The van der Waals surface area contributed by atoms with Gasteiger partial charge in [0, 0.05) is 37.9 Å². The Kier molecular flexibility index (Phi) is 10.2. The Morgan fingerprint density at radius 3 is 2.47 bits per heavy atom. The summed E-state index contributed by atoms with van der Waals surface area (Å²) in [5, 5.41) is 23.5. The number of nitrogens with zero attached hydrogens (tertiary/aromatic N) is 8. The molecule has 262 valence electrons. The second-order valence-corrected chi connectivity index (χ2v) is 19.9. The molecule has 4 aromatic rings. The lowest BCUT2D eigenvalue weighted by molar-refractivity contribution is 0.0183. The summed E-state index contributed by atoms with van der Waals surface area (Å²) in [6.45, 7) is 20.0. The molecule has 0 N–H and O–H groups in total. The average Bonchev–Trinajstić information content (AvgIpc) is 3.62. The van der Waals surface area contributed by atoms with Crippen molar-refractivity contribution in [3.8, 4) is 23.1 Å². The van der Waals surface area contributed by atoms with Crippen LogP contribution in [0.5, 0.6) is 5.75 Å². The molecule has 5 heterocycles. The van der Waals surface area contributed by atoms with Gasteiger partial charge in [0.2, 0.25) is 0 Å². The molecule has 0 spiro atoms. The van der Waals surface area contributed by atoms with Crippen molar-refractivity contribution in [3.05, 3.63) is 59.6 Å². The lowest BCUT2D eigenvalue weighted by atomic mass is 10.0. The molecule has 1 amide bonds. The van der Waals surface area contributed by atoms with E-state index in [4.69, 9.17) is 13.9 Å². The number of rotatable bonds is 9. The van der Waals surface area contributed by atoms with Gasteiger partial charge in [0.1, 0.15) is 46.1 Å². The van der Waals surface area contributed by atoms with E-state index in [1.807, 2.05) is 38.4 Å². The van der Waals surface area contributed by atoms with Crippen LogP contribution in [0.4, 0.5) is 9.18 Å². The minimum absolute atomic E-state index is 0.0294. The van der Waals surface area contributed by atoms with E-state index in [2.05, 4.69) is 60.3 Å². The van der Waals surface area contributed by atoms with Gasteiger partial charge in [-0.3, -0.25) is 4.98 Å². The Morgan fingerprint density at radius 2 is 1.86 bits per heavy atom. The summed E-state index contributed by atoms with van der Waals surface area (Å²) < 4.78 is 36.1. The monoisotopic (exact) mass is 690 g/mol. The van der Waals surface area contributed by atoms with Gasteiger partial charge in [0.05, 0.1) is 29.8 Å². The first kappa shape index (κ1) is 35.9. The van der Waals surface area contributed by atoms with Crippen LogP contribution in [0.3, 0.4) is 0 Å². The van der Waals surface area contributed by atoms with Crippen molar-refractivity contribution in [2.75, 3.05) is 19.7 Å². The lowest BCUT2D eigenvalue weighted by Crippen LogP contribution is -2.42. The van der Waals surface area contributed by atoms with Crippen LogP contribution in [-0.2, 0) is 9.16 Å². The molecule has 4 aromatic heterocycles. The summed E-state index contributed by atoms with van der Waals surface area (Å²) in [5.41, 5.74) is 3.05. The van der Waals surface area contributed by atoms with Gasteiger partial charge in [-0.05, 0) is 76.9 Å². The molecule has 0 aliphatic carbocycles. The molecule has 1 atom stereocenters. The van der Waals surface area contributed by atoms with Crippen molar-refractivity contribution in [2.45, 2.75) is 104 Å². The zero-order chi connectivity index (χ0) is 35.7. The molecule has 14 heteroatoms. The lowest BCUT2D eigenvalue weighted by Gasteiger charge is -2.36. The number of carbonyl (C=O) groups is 1. The number of hydrogen-bond donors (Lipinski definition) is 0. The van der Waals surface area contributed by atoms with Gasteiger partial charge in [0.15, 0.2) is 8.32 Å². The molecule has 0 radical (unpaired) electrons. The number of carbonyl (C=O) groups excluding carboxylic acids is 1. The largest absolute Gasteiger partial charge is 0.482 e. The molecule has 1 aliphatic rings. The first-order chi connectivity index (χ1) is 23.0. The van der Waals surface area contributed by atoms with Crippen LogP contribution in [0.15, 0.2) is 36.8 Å². The Bertz CT molecular complexity index is 1830. The van der Waals surface area contributed by atoms with E-state index in [9.17, 15) is 14.4 Å². The van der Waals surface area contributed by atoms with Gasteiger partial charge in [0.25, 0.3) is 0 Å². The van der Waals surface area contributed by atoms with Gasteiger partial charge in [-0.25, -0.2) is 18.4 Å². The van der Waals surface area contributed by atoms with Crippen LogP contribution in [0, 0.1) is 24.1 Å². The standard InChI is InChI=1S/C35H47FN8O4Si/c1-23-31(40-41-44(23)27-12-15-42(16-13-27)33(45)48-34(2,3)4)24-18-30(32-25(19-37)20-39-43(32)22-24)47-29(28-11-10-26(36)21-38-28)14-17-46-49(8,9)35(5,6)7/h10-11,18,20-22,27,29H,12-17H2,1-9H3. The van der Waals surface area contributed by atoms with E-state index in [0.29, 0.717) is 72.7 Å². The Labute approximate surface area is 288 Å². The number of hydrogen-bond acceptors (Lipinski definition) is 9. The molecule has 0 bridgehead atoms. The van der Waals surface area contributed by atoms with Crippen molar-refractivity contribution in [2.24, 2.45) is 0 Å². The van der Waals surface area contributed by atoms with Gasteiger partial charge in [-0.15, -0.1) is 5.10 Å². The predicted octanol–water partition coefficient (Wildman–Crippen LogP) is 7.41. The maximum absolute atomic E-state index is 13.9. The Balaban J connectivity index is 1.43. The van der Waals surface area contributed by atoms with Crippen LogP contribution in [0.2, 0.25) is 18.1 Å². The number of piperidine rings is 1. The van der Waals surface area contributed by atoms with Crippen LogP contribution >= 0.6 is 0 Å². The highest BCUT2D eigenvalue weighted by Crippen LogP contribution is 2.38. The zero-order valence-electron chi connectivity index (χ0n) is 30.0. The molecule has 1 aliphatic heterocycles. The maximum Gasteiger partial charge on any atom is 0.410 e. The molecular formula is C35H47FN8O4Si. The summed E-state index contributed by atoms with van der Waals surface area (Å²) in [6.07, 6.45) is 5.45. The Morgan fingerprint density at radius 1 is 1.14 bits per heavy atom. The predicted molar refractivity (Wildman–Crippen MR) is 185 cm³/mol. The van der Waals surface area contributed by atoms with E-state index in [0.717, 1.165) is 5.69 Å². The molecule has 1 unspecified atom stereocenters. The first-order valence-corrected chi connectivity index (χ1v) is 19.6. The molecule has 49 heavy (non-hydrogen) atoms. The highest BCUT2D eigenvalue weighted by atomic mass is 28.4. The summed E-state index contributed by atoms with van der Waals surface area (Å²) in [6, 6.07) is 7.09. The number of amides is 1. The molecule has 1 saturated heterocycles. The van der Waals surface area contributed by atoms with E-state index >= 15 is 0 Å². The quantitative estimate of drug-likeness (QED) is 0.165. The van der Waals surface area contributed by atoms with Crippen molar-refractivity contribution in [1.29, 1.82) is 5.26 Å². The molecule has 12 nitrogen and oxygen atoms in total. The highest BCUT2D eigenvalue weighted by molar-refractivity contribution is 6.74. The van der Waals surface area contributed by atoms with Crippen LogP contribution in [0.25, 0.3) is 16.8 Å². The van der Waals surface area contributed by atoms with E-state index in [1.165, 1.54) is 18.5 Å². The SMILES string of the molecule is Cc1c(-c2cc(OC(CCO[Si](C)(C)C(C)(C)C)c3ccc(F)cn3)c3c(C#N)cnn3c2)nnn1C1CCN(C(=O)OC(C)(C)C)CC1. The van der Waals surface area contributed by atoms with Crippen molar-refractivity contribution in [1.82, 2.24) is 34.5 Å². The number of pyridine rings is 2. The van der Waals surface area contributed by atoms with E-state index < -0.39 is 25.8 Å². The fourth-order valence-corrected chi connectivity index (χ4v) is 6.66. The van der Waals surface area contributed by atoms with Crippen LogP contribution in [-0.4, -0.2) is 74.2 Å². The summed E-state index contributed by atoms with van der Waals surface area (Å²) >= 11 is 0. The number of aromatic nitrogens is 6. The molecule has 0 aromatic carbocycles. The summed E-state index contributed by atoms with van der Waals surface area (Å²) in [4.78, 5) is 18.7. The molecule has 5 rings (SSSR count). The van der Waals surface area contributed by atoms with Gasteiger partial charge < -0.3 is 18.8 Å². The van der Waals surface area contributed by atoms with Crippen molar-refractivity contribution in [3.63, 3.8) is 0 Å². The zero-order valence-corrected chi connectivity index (χ0v) is 31.0. The summed E-state index contributed by atoms with van der Waals surface area (Å²) in [5.74, 6) is -0.0318. The topological polar surface area (TPSA) is 133 Å². The number of halogens is 1. The second-order valence-electron chi connectivity index (χ2n) is 15.1. The van der Waals surface area contributed by atoms with Gasteiger partial charge in [-0.1, -0.05) is 26.0 Å². The second kappa shape index (κ2) is 13.9. The first-order valence-electron chi connectivity index (χ1n) is 16.7. The van der Waals surface area contributed by atoms with Gasteiger partial charge >= 0.3 is 6.09 Å². The molecule has 0 saturated carbocycles. The third-order valence-electron chi connectivity index (χ3n) is 9.36. The number of ether oxygens (including phenoxy) is 2. The number of fused-ring (bicyclic) bond motifs is 1. The fourth-order valence-electron chi connectivity index (χ4n) is 5.60. The van der Waals surface area contributed by atoms with Gasteiger partial charge in [-0.2, -0.15) is 10.4 Å². The maximum atomic E-state index is 13.9. The minimum atomic E-state index is -2.05. The average molecular weight is 691 g/mol. The smallest absolute Gasteiger partial charge is 0.410 e. The minimum Gasteiger partial charge on any atom is -0.482 e. The Hall–Kier alpha value is -4.35. The van der Waals surface area contributed by atoms with Crippen molar-refractivity contribution >= 4 is 19.9 Å².